The summed E-state index contributed by atoms with van der Waals surface area (Å²) in [5.41, 5.74) is 2.24. The molecule has 0 radical (unpaired) electrons. The fourth-order valence-electron chi connectivity index (χ4n) is 4.98. The van der Waals surface area contributed by atoms with E-state index in [9.17, 15) is 10.1 Å². The molecule has 2 unspecified atom stereocenters. The molecule has 3 aromatic rings. The molecule has 1 fully saturated rings. The van der Waals surface area contributed by atoms with Crippen molar-refractivity contribution in [3.8, 4) is 11.8 Å². The number of anilines is 1. The van der Waals surface area contributed by atoms with Gasteiger partial charge in [-0.25, -0.2) is 4.68 Å². The topological polar surface area (TPSA) is 61.9 Å². The highest BCUT2D eigenvalue weighted by Gasteiger charge is 2.55. The van der Waals surface area contributed by atoms with Crippen LogP contribution >= 0.6 is 11.6 Å². The number of para-hydroxylation sites is 1. The first-order valence-electron chi connectivity index (χ1n) is 10.2. The van der Waals surface area contributed by atoms with Crippen LogP contribution in [0.15, 0.2) is 54.6 Å². The first kappa shape index (κ1) is 18.9. The number of halogens is 1. The Bertz CT molecular complexity index is 1160. The fourth-order valence-corrected chi connectivity index (χ4v) is 5.11. The van der Waals surface area contributed by atoms with Crippen LogP contribution in [0.1, 0.15) is 34.5 Å². The number of ketones is 1. The van der Waals surface area contributed by atoms with Gasteiger partial charge in [0.15, 0.2) is 5.78 Å². The molecule has 6 heteroatoms. The van der Waals surface area contributed by atoms with Gasteiger partial charge in [-0.15, -0.1) is 0 Å². The number of nitrogens with zero attached hydrogens (tertiary/aromatic N) is 4. The summed E-state index contributed by atoms with van der Waals surface area (Å²) in [6.45, 7) is 2.77. The Morgan fingerprint density at radius 1 is 1.20 bits per heavy atom. The monoisotopic (exact) mass is 416 g/mol. The number of hydrogen-bond acceptors (Lipinski definition) is 4. The van der Waals surface area contributed by atoms with E-state index in [1.165, 1.54) is 0 Å². The molecule has 0 N–H and O–H groups in total. The van der Waals surface area contributed by atoms with Gasteiger partial charge in [0.2, 0.25) is 0 Å². The molecule has 2 aliphatic heterocycles. The van der Waals surface area contributed by atoms with Crippen LogP contribution in [-0.2, 0) is 6.42 Å². The number of nitriles is 1. The van der Waals surface area contributed by atoms with Gasteiger partial charge in [-0.3, -0.25) is 4.79 Å². The van der Waals surface area contributed by atoms with Gasteiger partial charge in [-0.05, 0) is 56.2 Å². The third kappa shape index (κ3) is 2.68. The molecule has 3 heterocycles. The number of Topliss-reactive ketones (excluding diaryl/α,β-unsaturated/α-hetero) is 1. The molecule has 5 rings (SSSR count). The summed E-state index contributed by atoms with van der Waals surface area (Å²) in [7, 11) is 0. The summed E-state index contributed by atoms with van der Waals surface area (Å²) < 4.78 is 1.97. The minimum Gasteiger partial charge on any atom is -0.351 e. The molecule has 0 saturated carbocycles. The van der Waals surface area contributed by atoms with E-state index in [-0.39, 0.29) is 11.8 Å². The van der Waals surface area contributed by atoms with Gasteiger partial charge >= 0.3 is 0 Å². The second kappa shape index (κ2) is 7.00. The molecular formula is C24H21ClN4O. The Morgan fingerprint density at radius 2 is 1.93 bits per heavy atom. The van der Waals surface area contributed by atoms with Gasteiger partial charge in [0, 0.05) is 29.1 Å². The minimum absolute atomic E-state index is 0.129. The predicted octanol–water partition coefficient (Wildman–Crippen LogP) is 4.75. The Balaban J connectivity index is 1.66. The summed E-state index contributed by atoms with van der Waals surface area (Å²) in [5.74, 6) is 0.895. The number of carbonyl (C=O) groups is 1. The Morgan fingerprint density at radius 3 is 2.63 bits per heavy atom. The van der Waals surface area contributed by atoms with Crippen LogP contribution in [0.2, 0.25) is 5.02 Å². The van der Waals surface area contributed by atoms with Crippen molar-refractivity contribution in [1.29, 1.82) is 5.26 Å². The van der Waals surface area contributed by atoms with E-state index in [4.69, 9.17) is 16.7 Å². The fraction of sp³-hybridized carbons (Fsp3) is 0.292. The zero-order chi connectivity index (χ0) is 20.9. The van der Waals surface area contributed by atoms with Crippen LogP contribution in [0, 0.1) is 23.7 Å². The smallest absolute Gasteiger partial charge is 0.185 e. The van der Waals surface area contributed by atoms with Crippen molar-refractivity contribution in [2.45, 2.75) is 32.2 Å². The van der Waals surface area contributed by atoms with Crippen molar-refractivity contribution in [3.63, 3.8) is 0 Å². The molecule has 1 saturated heterocycles. The largest absolute Gasteiger partial charge is 0.351 e. The number of benzene rings is 2. The zero-order valence-electron chi connectivity index (χ0n) is 16.7. The molecule has 0 bridgehead atoms. The average Bonchev–Trinajstić information content (AvgIpc) is 3.39. The lowest BCUT2D eigenvalue weighted by molar-refractivity contribution is 0.0821. The van der Waals surface area contributed by atoms with Crippen molar-refractivity contribution in [2.75, 3.05) is 11.4 Å². The molecule has 150 valence electrons. The summed E-state index contributed by atoms with van der Waals surface area (Å²) >= 11 is 6.01. The molecule has 1 aromatic heterocycles. The summed E-state index contributed by atoms with van der Waals surface area (Å²) in [6.07, 6.45) is 2.13. The zero-order valence-corrected chi connectivity index (χ0v) is 17.4. The van der Waals surface area contributed by atoms with E-state index >= 15 is 0 Å². The standard InChI is InChI=1S/C24H21ClN4O/c1-16-20-14-24(15-26,22(30)17-9-11-18(25)12-10-17)21-8-5-13-28(21)23(20)29(27-16)19-6-3-2-4-7-19/h2-4,6-7,9-12,21H,5,8,13-14H2,1H3. The van der Waals surface area contributed by atoms with Gasteiger partial charge in [0.25, 0.3) is 0 Å². The van der Waals surface area contributed by atoms with Crippen LogP contribution in [0.25, 0.3) is 5.69 Å². The first-order chi connectivity index (χ1) is 14.5. The number of aryl methyl sites for hydroxylation is 1. The van der Waals surface area contributed by atoms with Crippen molar-refractivity contribution < 1.29 is 4.79 Å². The lowest BCUT2D eigenvalue weighted by Gasteiger charge is -2.42. The van der Waals surface area contributed by atoms with E-state index in [0.717, 1.165) is 42.1 Å². The van der Waals surface area contributed by atoms with E-state index in [1.807, 2.05) is 41.9 Å². The molecule has 0 aliphatic carbocycles. The Labute approximate surface area is 180 Å². The van der Waals surface area contributed by atoms with Crippen LogP contribution in [0.4, 0.5) is 5.82 Å². The number of carbonyl (C=O) groups excluding carboxylic acids is 1. The minimum atomic E-state index is -1.13. The molecule has 2 aromatic carbocycles. The first-order valence-corrected chi connectivity index (χ1v) is 10.5. The molecular weight excluding hydrogens is 396 g/mol. The van der Waals surface area contributed by atoms with Crippen molar-refractivity contribution in [1.82, 2.24) is 9.78 Å². The number of fused-ring (bicyclic) bond motifs is 3. The van der Waals surface area contributed by atoms with Crippen LogP contribution in [-0.4, -0.2) is 28.2 Å². The molecule has 2 atom stereocenters. The van der Waals surface area contributed by atoms with Gasteiger partial charge in [0.1, 0.15) is 11.2 Å². The number of aromatic nitrogens is 2. The molecule has 2 aliphatic rings. The number of hydrogen-bond donors (Lipinski definition) is 0. The number of rotatable bonds is 3. The lowest BCUT2D eigenvalue weighted by atomic mass is 9.68. The van der Waals surface area contributed by atoms with Crippen molar-refractivity contribution in [3.05, 3.63) is 76.4 Å². The van der Waals surface area contributed by atoms with Crippen molar-refractivity contribution >= 4 is 23.2 Å². The lowest BCUT2D eigenvalue weighted by Crippen LogP contribution is -2.53. The van der Waals surface area contributed by atoms with E-state index in [0.29, 0.717) is 17.0 Å². The van der Waals surface area contributed by atoms with Gasteiger partial charge in [-0.1, -0.05) is 29.8 Å². The molecule has 5 nitrogen and oxygen atoms in total. The van der Waals surface area contributed by atoms with E-state index in [2.05, 4.69) is 11.0 Å². The molecule has 30 heavy (non-hydrogen) atoms. The highest BCUT2D eigenvalue weighted by atomic mass is 35.5. The molecule has 0 amide bonds. The highest BCUT2D eigenvalue weighted by molar-refractivity contribution is 6.30. The highest BCUT2D eigenvalue weighted by Crippen LogP contribution is 2.48. The summed E-state index contributed by atoms with van der Waals surface area (Å²) in [6, 6.07) is 19.2. The van der Waals surface area contributed by atoms with Crippen molar-refractivity contribution in [2.24, 2.45) is 5.41 Å². The molecule has 0 spiro atoms. The quantitative estimate of drug-likeness (QED) is 0.578. The van der Waals surface area contributed by atoms with Gasteiger partial charge in [-0.2, -0.15) is 10.4 Å². The second-order valence-corrected chi connectivity index (χ2v) is 8.52. The van der Waals surface area contributed by atoms with Gasteiger partial charge in [0.05, 0.1) is 23.5 Å². The maximum atomic E-state index is 13.7. The maximum absolute atomic E-state index is 13.7. The van der Waals surface area contributed by atoms with E-state index < -0.39 is 5.41 Å². The average molecular weight is 417 g/mol. The van der Waals surface area contributed by atoms with Gasteiger partial charge < -0.3 is 4.90 Å². The second-order valence-electron chi connectivity index (χ2n) is 8.08. The third-order valence-electron chi connectivity index (χ3n) is 6.42. The third-order valence-corrected chi connectivity index (χ3v) is 6.67. The van der Waals surface area contributed by atoms with Crippen LogP contribution in [0.5, 0.6) is 0 Å². The predicted molar refractivity (Wildman–Crippen MR) is 116 cm³/mol. The summed E-state index contributed by atoms with van der Waals surface area (Å²) in [4.78, 5) is 15.9. The van der Waals surface area contributed by atoms with Crippen LogP contribution < -0.4 is 4.90 Å². The SMILES string of the molecule is Cc1nn(-c2ccccc2)c2c1CC(C#N)(C(=O)c1ccc(Cl)cc1)C1CCCN21. The summed E-state index contributed by atoms with van der Waals surface area (Å²) in [5, 5.41) is 15.7. The maximum Gasteiger partial charge on any atom is 0.185 e. The Kier molecular flexibility index (Phi) is 4.41. The normalized spacial score (nSPS) is 22.3. The van der Waals surface area contributed by atoms with E-state index in [1.54, 1.807) is 24.3 Å². The van der Waals surface area contributed by atoms with Crippen LogP contribution in [0.3, 0.4) is 0 Å². The Hall–Kier alpha value is -3.10.